The van der Waals surface area contributed by atoms with Gasteiger partial charge in [-0.2, -0.15) is 0 Å². The van der Waals surface area contributed by atoms with Gasteiger partial charge >= 0.3 is 0 Å². The van der Waals surface area contributed by atoms with Crippen molar-refractivity contribution >= 4 is 5.91 Å². The predicted octanol–water partition coefficient (Wildman–Crippen LogP) is 6.40. The average Bonchev–Trinajstić information content (AvgIpc) is 3.14. The number of nitrogens with one attached hydrogen (secondary N) is 1. The number of benzene rings is 3. The molecule has 3 nitrogen and oxygen atoms in total. The first-order chi connectivity index (χ1) is 16.1. The molecule has 3 aromatic rings. The predicted molar refractivity (Wildman–Crippen MR) is 133 cm³/mol. The molecule has 1 unspecified atom stereocenters. The minimum atomic E-state index is -0.253. The summed E-state index contributed by atoms with van der Waals surface area (Å²) >= 11 is 0. The monoisotopic (exact) mass is 444 g/mol. The molecule has 0 aromatic heterocycles. The first kappa shape index (κ1) is 23.2. The van der Waals surface area contributed by atoms with E-state index >= 15 is 0 Å². The van der Waals surface area contributed by atoms with E-state index < -0.39 is 0 Å². The molecule has 0 bridgehead atoms. The van der Waals surface area contributed by atoms with E-state index in [9.17, 15) is 9.18 Å². The third-order valence-electron chi connectivity index (χ3n) is 6.67. The van der Waals surface area contributed by atoms with Gasteiger partial charge in [0.25, 0.3) is 5.91 Å². The maximum atomic E-state index is 13.1. The van der Waals surface area contributed by atoms with Crippen molar-refractivity contribution in [3.8, 4) is 11.1 Å². The summed E-state index contributed by atoms with van der Waals surface area (Å²) in [7, 11) is 0. The van der Waals surface area contributed by atoms with Crippen LogP contribution in [0.15, 0.2) is 72.8 Å². The summed E-state index contributed by atoms with van der Waals surface area (Å²) in [4.78, 5) is 15.1. The Morgan fingerprint density at radius 1 is 0.848 bits per heavy atom. The molecule has 0 saturated carbocycles. The van der Waals surface area contributed by atoms with Gasteiger partial charge < -0.3 is 5.32 Å². The molecule has 172 valence electrons. The van der Waals surface area contributed by atoms with Gasteiger partial charge in [-0.25, -0.2) is 4.39 Å². The van der Waals surface area contributed by atoms with Crippen molar-refractivity contribution < 1.29 is 9.18 Å². The lowest BCUT2D eigenvalue weighted by molar-refractivity contribution is 0.0954. The normalized spacial score (nSPS) is 15.6. The fourth-order valence-corrected chi connectivity index (χ4v) is 4.53. The Bertz CT molecular complexity index is 1020. The van der Waals surface area contributed by atoms with Crippen molar-refractivity contribution in [3.63, 3.8) is 0 Å². The van der Waals surface area contributed by atoms with E-state index in [1.165, 1.54) is 62.0 Å². The standard InChI is InChI=1S/C29H33FN2O/c1-22(32-20-4-2-3-5-21-32)24-8-6-23(7-9-24)18-19-31-29(33)27-12-10-25(11-13-27)26-14-16-28(30)17-15-26/h6-17,22H,2-5,18-21H2,1H3,(H,31,33). The zero-order valence-electron chi connectivity index (χ0n) is 19.4. The van der Waals surface area contributed by atoms with Gasteiger partial charge in [0.1, 0.15) is 5.82 Å². The molecule has 0 radical (unpaired) electrons. The Kier molecular flexibility index (Phi) is 7.90. The number of carbonyl (C=O) groups excluding carboxylic acids is 1. The highest BCUT2D eigenvalue weighted by molar-refractivity contribution is 5.94. The molecule has 4 rings (SSSR count). The van der Waals surface area contributed by atoms with Gasteiger partial charge in [-0.15, -0.1) is 0 Å². The zero-order valence-corrected chi connectivity index (χ0v) is 19.4. The van der Waals surface area contributed by atoms with Crippen LogP contribution in [0.2, 0.25) is 0 Å². The quantitative estimate of drug-likeness (QED) is 0.457. The van der Waals surface area contributed by atoms with E-state index in [0.717, 1.165) is 17.5 Å². The second-order valence-electron chi connectivity index (χ2n) is 8.96. The Morgan fingerprint density at radius 3 is 2.03 bits per heavy atom. The second-order valence-corrected chi connectivity index (χ2v) is 8.96. The number of likely N-dealkylation sites (tertiary alicyclic amines) is 1. The molecule has 1 atom stereocenters. The lowest BCUT2D eigenvalue weighted by Crippen LogP contribution is -2.28. The number of nitrogens with zero attached hydrogens (tertiary/aromatic N) is 1. The Hall–Kier alpha value is -2.98. The lowest BCUT2D eigenvalue weighted by Gasteiger charge is -2.28. The van der Waals surface area contributed by atoms with Crippen LogP contribution in [0.4, 0.5) is 4.39 Å². The molecule has 1 saturated heterocycles. The largest absolute Gasteiger partial charge is 0.352 e. The molecule has 1 fully saturated rings. The first-order valence-corrected chi connectivity index (χ1v) is 12.1. The maximum absolute atomic E-state index is 13.1. The minimum absolute atomic E-state index is 0.0768. The van der Waals surface area contributed by atoms with Gasteiger partial charge in [0.2, 0.25) is 0 Å². The zero-order chi connectivity index (χ0) is 23.0. The summed E-state index contributed by atoms with van der Waals surface area (Å²) in [6.07, 6.45) is 6.12. The highest BCUT2D eigenvalue weighted by atomic mass is 19.1. The van der Waals surface area contributed by atoms with E-state index in [0.29, 0.717) is 18.2 Å². The van der Waals surface area contributed by atoms with Gasteiger partial charge in [0, 0.05) is 18.2 Å². The number of hydrogen-bond donors (Lipinski definition) is 1. The summed E-state index contributed by atoms with van der Waals surface area (Å²) in [6, 6.07) is 23.1. The van der Waals surface area contributed by atoms with Gasteiger partial charge in [-0.05, 0) is 85.8 Å². The average molecular weight is 445 g/mol. The van der Waals surface area contributed by atoms with Crippen LogP contribution in [-0.2, 0) is 6.42 Å². The summed E-state index contributed by atoms with van der Waals surface area (Å²) in [5.74, 6) is -0.330. The van der Waals surface area contributed by atoms with E-state index in [4.69, 9.17) is 0 Å². The number of amides is 1. The number of rotatable bonds is 7. The van der Waals surface area contributed by atoms with Crippen molar-refractivity contribution in [1.82, 2.24) is 10.2 Å². The van der Waals surface area contributed by atoms with Gasteiger partial charge in [0.05, 0.1) is 0 Å². The Balaban J connectivity index is 1.26. The Labute approximate surface area is 196 Å². The number of hydrogen-bond acceptors (Lipinski definition) is 2. The van der Waals surface area contributed by atoms with Crippen LogP contribution in [0.1, 0.15) is 60.1 Å². The van der Waals surface area contributed by atoms with Crippen LogP contribution in [-0.4, -0.2) is 30.4 Å². The van der Waals surface area contributed by atoms with Crippen molar-refractivity contribution in [2.45, 2.75) is 45.1 Å². The minimum Gasteiger partial charge on any atom is -0.352 e. The van der Waals surface area contributed by atoms with Crippen LogP contribution in [0.5, 0.6) is 0 Å². The highest BCUT2D eigenvalue weighted by Gasteiger charge is 2.17. The highest BCUT2D eigenvalue weighted by Crippen LogP contribution is 2.24. The summed E-state index contributed by atoms with van der Waals surface area (Å²) < 4.78 is 13.1. The van der Waals surface area contributed by atoms with E-state index in [1.54, 1.807) is 12.1 Å². The fraction of sp³-hybridized carbons (Fsp3) is 0.345. The molecule has 4 heteroatoms. The van der Waals surface area contributed by atoms with Gasteiger partial charge in [-0.1, -0.05) is 61.4 Å². The molecule has 1 heterocycles. The third kappa shape index (κ3) is 6.29. The number of carbonyl (C=O) groups is 1. The van der Waals surface area contributed by atoms with Gasteiger partial charge in [0.15, 0.2) is 0 Å². The van der Waals surface area contributed by atoms with E-state index in [1.807, 2.05) is 24.3 Å². The molecule has 1 N–H and O–H groups in total. The van der Waals surface area contributed by atoms with E-state index in [2.05, 4.69) is 41.4 Å². The van der Waals surface area contributed by atoms with Crippen LogP contribution < -0.4 is 5.32 Å². The lowest BCUT2D eigenvalue weighted by atomic mass is 10.0. The van der Waals surface area contributed by atoms with Crippen molar-refractivity contribution in [3.05, 3.63) is 95.3 Å². The number of halogens is 1. The molecule has 0 spiro atoms. The van der Waals surface area contributed by atoms with Crippen molar-refractivity contribution in [1.29, 1.82) is 0 Å². The Morgan fingerprint density at radius 2 is 1.42 bits per heavy atom. The van der Waals surface area contributed by atoms with Crippen molar-refractivity contribution in [2.24, 2.45) is 0 Å². The SMILES string of the molecule is CC(c1ccc(CCNC(=O)c2ccc(-c3ccc(F)cc3)cc2)cc1)N1CCCCCC1. The summed E-state index contributed by atoms with van der Waals surface area (Å²) in [6.45, 7) is 5.29. The molecular weight excluding hydrogens is 411 g/mol. The van der Waals surface area contributed by atoms with Crippen LogP contribution in [0.25, 0.3) is 11.1 Å². The third-order valence-corrected chi connectivity index (χ3v) is 6.67. The second kappa shape index (κ2) is 11.2. The van der Waals surface area contributed by atoms with Crippen LogP contribution >= 0.6 is 0 Å². The van der Waals surface area contributed by atoms with Gasteiger partial charge in [-0.3, -0.25) is 9.69 Å². The van der Waals surface area contributed by atoms with Crippen molar-refractivity contribution in [2.75, 3.05) is 19.6 Å². The van der Waals surface area contributed by atoms with Crippen LogP contribution in [0, 0.1) is 5.82 Å². The molecular formula is C29H33FN2O. The molecule has 1 aliphatic rings. The maximum Gasteiger partial charge on any atom is 0.251 e. The molecule has 3 aromatic carbocycles. The topological polar surface area (TPSA) is 32.3 Å². The molecule has 0 aliphatic carbocycles. The first-order valence-electron chi connectivity index (χ1n) is 12.1. The van der Waals surface area contributed by atoms with Crippen LogP contribution in [0.3, 0.4) is 0 Å². The van der Waals surface area contributed by atoms with E-state index in [-0.39, 0.29) is 11.7 Å². The fourth-order valence-electron chi connectivity index (χ4n) is 4.53. The molecule has 1 amide bonds. The smallest absolute Gasteiger partial charge is 0.251 e. The molecule has 33 heavy (non-hydrogen) atoms. The summed E-state index contributed by atoms with van der Waals surface area (Å²) in [5, 5.41) is 3.01. The molecule has 1 aliphatic heterocycles. The summed E-state index contributed by atoms with van der Waals surface area (Å²) in [5.41, 5.74) is 5.11.